The number of benzene rings is 8. The molecule has 0 amide bonds. The van der Waals surface area contributed by atoms with Crippen LogP contribution in [0.4, 0.5) is 17.6 Å². The Balaban J connectivity index is 0.000000240. The van der Waals surface area contributed by atoms with Crippen LogP contribution in [0.3, 0.4) is 0 Å². The molecular weight excluding hydrogens is 2260 g/mol. The van der Waals surface area contributed by atoms with E-state index in [9.17, 15) is 17.6 Å². The van der Waals surface area contributed by atoms with Crippen LogP contribution in [-0.2, 0) is 131 Å². The summed E-state index contributed by atoms with van der Waals surface area (Å²) in [5.74, 6) is -1.80. The molecule has 6 aromatic heterocycles. The van der Waals surface area contributed by atoms with Gasteiger partial charge in [-0.1, -0.05) is 142 Å². The van der Waals surface area contributed by atoms with Crippen LogP contribution in [0.25, 0.3) is 88.7 Å². The number of pyridine rings is 6. The average Bonchev–Trinajstić information content (AvgIpc) is 0.720. The van der Waals surface area contributed by atoms with Crippen molar-refractivity contribution >= 4 is 32.4 Å². The molecule has 6 nitrogen and oxygen atoms in total. The van der Waals surface area contributed by atoms with Gasteiger partial charge >= 0.3 is 0 Å². The maximum atomic E-state index is 13.2. The number of aryl methyl sites for hydroxylation is 1. The fourth-order valence-electron chi connectivity index (χ4n) is 10.0. The standard InChI is InChI=1S/C17H18N.C15H10N.C13H8N.C12H9FN.C11H6F2N.C11H7FN.6Ir/c1-16(2)13-9-6-5-8-12(13)15-14(17(16,3)4)10-7-11-18-15;1-2-7-13(8-3-1)15-14-9-5-4-6-12(14)10-11-16-15;1-2-6-12-10(4-1)7-8-11-5-3-9-14-13(11)12;1-9-8-10(5-6-11(9)13)12-4-2-3-7-14-12;12-8-4-5-9(10(13)7-8)11-3-1-2-6-14-11;12-10-6-4-9(5-7-10)11-3-1-2-8-13-11;;;;;;/h5-7,9-11H,1-4H3;1-7,9-11H;1-5,7-9H;2-4,6-8H,1H3;1-4,6-7H;1-4,6-8H;;;;;;/q6*-1;;;;;;. The van der Waals surface area contributed by atoms with Crippen molar-refractivity contribution in [3.05, 3.63) is 338 Å². The van der Waals surface area contributed by atoms with Gasteiger partial charge in [0.05, 0.1) is 0 Å². The van der Waals surface area contributed by atoms with E-state index >= 15 is 0 Å². The van der Waals surface area contributed by atoms with E-state index in [-0.39, 0.29) is 149 Å². The third-order valence-corrected chi connectivity index (χ3v) is 15.4. The number of hydrogen-bond donors (Lipinski definition) is 0. The second-order valence-electron chi connectivity index (χ2n) is 21.5. The molecule has 0 saturated heterocycles. The molecular formula is C79H58F4Ir6N6-6. The van der Waals surface area contributed by atoms with Crippen molar-refractivity contribution in [3.63, 3.8) is 0 Å². The summed E-state index contributed by atoms with van der Waals surface area (Å²) in [6.45, 7) is 11.0. The Kier molecular flexibility index (Phi) is 32.8. The second kappa shape index (κ2) is 38.7. The summed E-state index contributed by atoms with van der Waals surface area (Å²) < 4.78 is 51.3. The number of halogens is 4. The minimum Gasteiger partial charge on any atom is -0.305 e. The summed E-state index contributed by atoms with van der Waals surface area (Å²) in [6, 6.07) is 86.7. The van der Waals surface area contributed by atoms with Crippen LogP contribution < -0.4 is 0 Å². The second-order valence-corrected chi connectivity index (χ2v) is 21.5. The molecule has 0 saturated carbocycles. The van der Waals surface area contributed by atoms with Crippen molar-refractivity contribution in [2.45, 2.75) is 45.4 Å². The van der Waals surface area contributed by atoms with Crippen LogP contribution in [0.2, 0.25) is 0 Å². The first-order valence-corrected chi connectivity index (χ1v) is 28.6. The van der Waals surface area contributed by atoms with Gasteiger partial charge in [0.2, 0.25) is 0 Å². The van der Waals surface area contributed by atoms with Crippen molar-refractivity contribution < 1.29 is 138 Å². The van der Waals surface area contributed by atoms with E-state index in [0.29, 0.717) is 11.3 Å². The Morgan fingerprint density at radius 3 is 1.55 bits per heavy atom. The molecule has 1 aliphatic rings. The van der Waals surface area contributed by atoms with Gasteiger partial charge in [-0.2, -0.15) is 0 Å². The van der Waals surface area contributed by atoms with Crippen LogP contribution in [0.15, 0.2) is 262 Å². The third-order valence-electron chi connectivity index (χ3n) is 15.4. The molecule has 95 heavy (non-hydrogen) atoms. The largest absolute Gasteiger partial charge is 0.305 e. The minimum atomic E-state index is -0.649. The number of fused-ring (bicyclic) bond motifs is 7. The van der Waals surface area contributed by atoms with Gasteiger partial charge < -0.3 is 29.9 Å². The summed E-state index contributed by atoms with van der Waals surface area (Å²) in [4.78, 5) is 25.7. The maximum absolute atomic E-state index is 13.2. The van der Waals surface area contributed by atoms with Gasteiger partial charge in [-0.3, -0.25) is 17.6 Å². The molecule has 14 aromatic rings. The minimum absolute atomic E-state index is 0. The van der Waals surface area contributed by atoms with Crippen LogP contribution >= 0.6 is 0 Å². The molecule has 8 aromatic carbocycles. The molecule has 6 heterocycles. The molecule has 16 heteroatoms. The molecule has 0 spiro atoms. The first-order chi connectivity index (χ1) is 43.3. The molecule has 0 aliphatic heterocycles. The topological polar surface area (TPSA) is 77.3 Å². The molecule has 492 valence electrons. The van der Waals surface area contributed by atoms with E-state index < -0.39 is 11.6 Å². The number of aromatic nitrogens is 6. The van der Waals surface area contributed by atoms with E-state index in [1.807, 2.05) is 128 Å². The monoisotopic (exact) mass is 2320 g/mol. The maximum Gasteiger partial charge on any atom is 0.0408 e. The van der Waals surface area contributed by atoms with Crippen LogP contribution in [0.1, 0.15) is 44.4 Å². The van der Waals surface area contributed by atoms with Crippen LogP contribution in [0.5, 0.6) is 0 Å². The molecule has 0 unspecified atom stereocenters. The van der Waals surface area contributed by atoms with Gasteiger partial charge in [0, 0.05) is 181 Å². The summed E-state index contributed by atoms with van der Waals surface area (Å²) in [5.41, 5.74) is 12.7. The van der Waals surface area contributed by atoms with E-state index in [0.717, 1.165) is 68.1 Å². The number of hydrogen-bond acceptors (Lipinski definition) is 6. The van der Waals surface area contributed by atoms with Crippen molar-refractivity contribution in [3.8, 4) is 56.3 Å². The van der Waals surface area contributed by atoms with Gasteiger partial charge in [-0.15, -0.1) is 172 Å². The fraction of sp³-hybridized carbons (Fsp3) is 0.0886. The predicted octanol–water partition coefficient (Wildman–Crippen LogP) is 19.5. The van der Waals surface area contributed by atoms with E-state index in [1.54, 1.807) is 55.8 Å². The first kappa shape index (κ1) is 80.5. The molecule has 0 atom stereocenters. The summed E-state index contributed by atoms with van der Waals surface area (Å²) in [5, 5.41) is 5.85. The van der Waals surface area contributed by atoms with Gasteiger partial charge in [-0.25, -0.2) is 0 Å². The molecule has 15 rings (SSSR count). The van der Waals surface area contributed by atoms with Crippen LogP contribution in [0, 0.1) is 66.6 Å². The summed E-state index contributed by atoms with van der Waals surface area (Å²) in [6.07, 6.45) is 10.5. The molecule has 6 radical (unpaired) electrons. The number of rotatable bonds is 4. The Hall–Kier alpha value is -6.94. The SMILES string of the molecule is CC1(C)c2ccc[c-]c2-c2ncccc2C1(C)C.Cc1cc(-c2ccccn2)[c-]cc1F.Fc1c[c-]c(-c2ccccn2)c(F)c1.Fc1c[c-]c(-c2ccccn2)cc1.[Ir].[Ir].[Ir].[Ir].[Ir].[Ir].[c-]1cccc2ccc3cccnc3c12.[c-]1ccccc1-c1nccc2ccccc12. The van der Waals surface area contributed by atoms with Crippen molar-refractivity contribution in [1.29, 1.82) is 0 Å². The summed E-state index contributed by atoms with van der Waals surface area (Å²) in [7, 11) is 0. The fourth-order valence-corrected chi connectivity index (χ4v) is 10.0. The van der Waals surface area contributed by atoms with E-state index in [2.05, 4.69) is 149 Å². The zero-order valence-electron chi connectivity index (χ0n) is 51.5. The van der Waals surface area contributed by atoms with E-state index in [4.69, 9.17) is 0 Å². The van der Waals surface area contributed by atoms with Gasteiger partial charge in [0.15, 0.2) is 0 Å². The van der Waals surface area contributed by atoms with Crippen molar-refractivity contribution in [2.75, 3.05) is 0 Å². The molecule has 0 fully saturated rings. The first-order valence-electron chi connectivity index (χ1n) is 28.6. The Morgan fingerprint density at radius 2 is 0.884 bits per heavy atom. The predicted molar refractivity (Wildman–Crippen MR) is 349 cm³/mol. The number of nitrogens with zero attached hydrogens (tertiary/aromatic N) is 6. The Bertz CT molecular complexity index is 4520. The average molecular weight is 2320 g/mol. The van der Waals surface area contributed by atoms with Gasteiger partial charge in [0.25, 0.3) is 0 Å². The Morgan fingerprint density at radius 1 is 0.337 bits per heavy atom. The van der Waals surface area contributed by atoms with Gasteiger partial charge in [-0.05, 0) is 97.4 Å². The molecule has 1 aliphatic carbocycles. The van der Waals surface area contributed by atoms with Crippen LogP contribution in [-0.4, -0.2) is 29.9 Å². The van der Waals surface area contributed by atoms with Crippen molar-refractivity contribution in [2.24, 2.45) is 0 Å². The zero-order valence-corrected chi connectivity index (χ0v) is 65.9. The van der Waals surface area contributed by atoms with Crippen molar-refractivity contribution in [1.82, 2.24) is 29.9 Å². The smallest absolute Gasteiger partial charge is 0.0408 e. The third kappa shape index (κ3) is 20.3. The Labute approximate surface area is 633 Å². The summed E-state index contributed by atoms with van der Waals surface area (Å²) >= 11 is 0. The normalized spacial score (nSPS) is 11.3. The zero-order chi connectivity index (χ0) is 62.2. The molecule has 0 N–H and O–H groups in total. The quantitative estimate of drug-likeness (QED) is 0.0993. The van der Waals surface area contributed by atoms with E-state index in [1.165, 1.54) is 50.9 Å². The van der Waals surface area contributed by atoms with Gasteiger partial charge in [0.1, 0.15) is 0 Å². The molecule has 0 bridgehead atoms.